The van der Waals surface area contributed by atoms with E-state index in [0.717, 1.165) is 0 Å². The number of carbonyl (C=O) groups is 1. The number of hydrogen-bond donors (Lipinski definition) is 2. The third kappa shape index (κ3) is 4.47. The van der Waals surface area contributed by atoms with Gasteiger partial charge in [-0.3, -0.25) is 9.78 Å². The van der Waals surface area contributed by atoms with Gasteiger partial charge in [-0.2, -0.15) is 8.78 Å². The number of aromatic nitrogens is 1. The van der Waals surface area contributed by atoms with E-state index in [1.807, 2.05) is 0 Å². The summed E-state index contributed by atoms with van der Waals surface area (Å²) < 4.78 is 54.7. The summed E-state index contributed by atoms with van der Waals surface area (Å²) in [6, 6.07) is 3.76. The number of benzene rings is 1. The highest BCUT2D eigenvalue weighted by Gasteiger charge is 2.41. The Bertz CT molecular complexity index is 873. The first-order valence-corrected chi connectivity index (χ1v) is 8.91. The van der Waals surface area contributed by atoms with Crippen LogP contribution in [0.5, 0.6) is 5.75 Å². The summed E-state index contributed by atoms with van der Waals surface area (Å²) in [5.41, 5.74) is -1.47. The fourth-order valence-electron chi connectivity index (χ4n) is 3.19. The normalized spacial score (nSPS) is 22.6. The summed E-state index contributed by atoms with van der Waals surface area (Å²) in [5, 5.41) is 12.9. The van der Waals surface area contributed by atoms with Gasteiger partial charge in [0.15, 0.2) is 0 Å². The molecule has 0 radical (unpaired) electrons. The van der Waals surface area contributed by atoms with Crippen molar-refractivity contribution in [1.82, 2.24) is 10.3 Å². The molecule has 0 spiro atoms. The predicted octanol–water partition coefficient (Wildman–Crippen LogP) is 4.16. The quantitative estimate of drug-likeness (QED) is 0.713. The number of nitrogens with zero attached hydrogens (tertiary/aromatic N) is 1. The Hall–Kier alpha value is -2.13. The average molecular weight is 421 g/mol. The van der Waals surface area contributed by atoms with Gasteiger partial charge in [0.25, 0.3) is 12.3 Å². The Morgan fingerprint density at radius 2 is 1.93 bits per heavy atom. The third-order valence-corrected chi connectivity index (χ3v) is 5.10. The van der Waals surface area contributed by atoms with Gasteiger partial charge in [0.1, 0.15) is 11.4 Å². The number of hydrogen-bond acceptors (Lipinski definition) is 4. The van der Waals surface area contributed by atoms with Crippen LogP contribution < -0.4 is 10.1 Å². The topological polar surface area (TPSA) is 71.5 Å². The molecule has 0 bridgehead atoms. The molecule has 1 fully saturated rings. The molecule has 0 atom stereocenters. The molecule has 1 aromatic heterocycles. The standard InChI is InChI=1S/C18H17ClF4N2O3/c19-12-6-9-5-10(8-24-13(9)7-14(12)28-17(22)23)15(26)25-11-1-3-18(27,4-2-11)16(20)21/h5-8,11,16-17,27H,1-4H2,(H,25,26)/t11-,18+. The van der Waals surface area contributed by atoms with E-state index < -0.39 is 24.5 Å². The first kappa shape index (κ1) is 20.6. The van der Waals surface area contributed by atoms with Crippen molar-refractivity contribution in [1.29, 1.82) is 0 Å². The number of aliphatic hydroxyl groups is 1. The van der Waals surface area contributed by atoms with Crippen LogP contribution in [0.25, 0.3) is 10.9 Å². The second kappa shape index (κ2) is 8.08. The van der Waals surface area contributed by atoms with Gasteiger partial charge in [0.05, 0.1) is 16.1 Å². The van der Waals surface area contributed by atoms with Gasteiger partial charge in [-0.1, -0.05) is 11.6 Å². The number of amides is 1. The van der Waals surface area contributed by atoms with Crippen LogP contribution in [-0.4, -0.2) is 40.7 Å². The summed E-state index contributed by atoms with van der Waals surface area (Å²) in [4.78, 5) is 16.5. The largest absolute Gasteiger partial charge is 0.433 e. The maximum Gasteiger partial charge on any atom is 0.387 e. The molecule has 3 rings (SSSR count). The summed E-state index contributed by atoms with van der Waals surface area (Å²) in [6.45, 7) is -3.03. The second-order valence-corrected chi connectivity index (χ2v) is 7.14. The van der Waals surface area contributed by atoms with E-state index >= 15 is 0 Å². The molecule has 1 aliphatic carbocycles. The van der Waals surface area contributed by atoms with Crippen molar-refractivity contribution in [2.75, 3.05) is 0 Å². The Balaban J connectivity index is 1.70. The number of fused-ring (bicyclic) bond motifs is 1. The van der Waals surface area contributed by atoms with Crippen molar-refractivity contribution in [3.8, 4) is 5.75 Å². The van der Waals surface area contributed by atoms with Gasteiger partial charge in [-0.25, -0.2) is 8.78 Å². The van der Waals surface area contributed by atoms with Crippen LogP contribution in [0.3, 0.4) is 0 Å². The smallest absolute Gasteiger partial charge is 0.387 e. The van der Waals surface area contributed by atoms with Gasteiger partial charge in [0.2, 0.25) is 0 Å². The van der Waals surface area contributed by atoms with Crippen LogP contribution >= 0.6 is 11.6 Å². The molecule has 5 nitrogen and oxygen atoms in total. The number of pyridine rings is 1. The van der Waals surface area contributed by atoms with E-state index in [1.54, 1.807) is 0 Å². The minimum absolute atomic E-state index is 0.0503. The highest BCUT2D eigenvalue weighted by molar-refractivity contribution is 6.32. The Morgan fingerprint density at radius 3 is 2.54 bits per heavy atom. The van der Waals surface area contributed by atoms with Crippen molar-refractivity contribution in [3.05, 3.63) is 35.0 Å². The van der Waals surface area contributed by atoms with E-state index in [2.05, 4.69) is 15.0 Å². The van der Waals surface area contributed by atoms with E-state index in [9.17, 15) is 27.5 Å². The zero-order chi connectivity index (χ0) is 20.5. The van der Waals surface area contributed by atoms with Gasteiger partial charge >= 0.3 is 6.61 Å². The Morgan fingerprint density at radius 1 is 1.25 bits per heavy atom. The number of alkyl halides is 4. The molecule has 1 aliphatic rings. The van der Waals surface area contributed by atoms with Crippen molar-refractivity contribution in [3.63, 3.8) is 0 Å². The zero-order valence-electron chi connectivity index (χ0n) is 14.5. The van der Waals surface area contributed by atoms with E-state index in [1.165, 1.54) is 24.4 Å². The molecule has 0 saturated heterocycles. The minimum atomic E-state index is -3.03. The molecule has 1 heterocycles. The molecular formula is C18H17ClF4N2O3. The molecular weight excluding hydrogens is 404 g/mol. The first-order valence-electron chi connectivity index (χ1n) is 8.53. The van der Waals surface area contributed by atoms with Gasteiger partial charge in [-0.15, -0.1) is 0 Å². The summed E-state index contributed by atoms with van der Waals surface area (Å²) >= 11 is 5.92. The van der Waals surface area contributed by atoms with Crippen molar-refractivity contribution < 1.29 is 32.2 Å². The summed E-state index contributed by atoms with van der Waals surface area (Å²) in [7, 11) is 0. The third-order valence-electron chi connectivity index (χ3n) is 4.81. The molecule has 1 saturated carbocycles. The zero-order valence-corrected chi connectivity index (χ0v) is 15.2. The molecule has 1 amide bonds. The summed E-state index contributed by atoms with van der Waals surface area (Å²) in [5.74, 6) is -0.673. The second-order valence-electron chi connectivity index (χ2n) is 6.73. The molecule has 2 N–H and O–H groups in total. The SMILES string of the molecule is O=C(N[C@H]1CC[C@](O)(C(F)F)CC1)c1cnc2cc(OC(F)F)c(Cl)cc2c1. The van der Waals surface area contributed by atoms with Crippen molar-refractivity contribution in [2.24, 2.45) is 0 Å². The number of carbonyl (C=O) groups excluding carboxylic acids is 1. The Labute approximate surface area is 162 Å². The van der Waals surface area contributed by atoms with Crippen LogP contribution in [0.2, 0.25) is 5.02 Å². The maximum absolute atomic E-state index is 12.8. The summed E-state index contributed by atoms with van der Waals surface area (Å²) in [6.07, 6.45) is -1.29. The first-order chi connectivity index (χ1) is 13.2. The fraction of sp³-hybridized carbons (Fsp3) is 0.444. The van der Waals surface area contributed by atoms with Crippen LogP contribution in [-0.2, 0) is 0 Å². The number of rotatable bonds is 5. The van der Waals surface area contributed by atoms with Crippen LogP contribution in [0.1, 0.15) is 36.0 Å². The van der Waals surface area contributed by atoms with E-state index in [-0.39, 0.29) is 48.1 Å². The molecule has 2 aromatic rings. The molecule has 10 heteroatoms. The minimum Gasteiger partial charge on any atom is -0.433 e. The lowest BCUT2D eigenvalue weighted by Gasteiger charge is -2.35. The van der Waals surface area contributed by atoms with E-state index in [4.69, 9.17) is 11.6 Å². The molecule has 0 aliphatic heterocycles. The molecule has 152 valence electrons. The highest BCUT2D eigenvalue weighted by Crippen LogP contribution is 2.34. The highest BCUT2D eigenvalue weighted by atomic mass is 35.5. The molecule has 28 heavy (non-hydrogen) atoms. The molecule has 0 unspecified atom stereocenters. The Kier molecular flexibility index (Phi) is 5.95. The molecule has 1 aromatic carbocycles. The van der Waals surface area contributed by atoms with Crippen molar-refractivity contribution >= 4 is 28.4 Å². The van der Waals surface area contributed by atoms with Gasteiger partial charge in [-0.05, 0) is 37.8 Å². The van der Waals surface area contributed by atoms with Crippen LogP contribution in [0.4, 0.5) is 17.6 Å². The number of halogens is 5. The van der Waals surface area contributed by atoms with Crippen molar-refractivity contribution in [2.45, 2.75) is 50.4 Å². The van der Waals surface area contributed by atoms with E-state index in [0.29, 0.717) is 10.9 Å². The number of ether oxygens (including phenoxy) is 1. The predicted molar refractivity (Wildman–Crippen MR) is 94.1 cm³/mol. The lowest BCUT2D eigenvalue weighted by Crippen LogP contribution is -2.46. The lowest BCUT2D eigenvalue weighted by molar-refractivity contribution is -0.119. The monoisotopic (exact) mass is 420 g/mol. The van der Waals surface area contributed by atoms with Crippen LogP contribution in [0, 0.1) is 0 Å². The average Bonchev–Trinajstić information content (AvgIpc) is 2.63. The van der Waals surface area contributed by atoms with Gasteiger partial charge in [0, 0.05) is 23.7 Å². The lowest BCUT2D eigenvalue weighted by atomic mass is 9.82. The number of nitrogens with one attached hydrogen (secondary N) is 1. The van der Waals surface area contributed by atoms with Gasteiger partial charge < -0.3 is 15.2 Å². The van der Waals surface area contributed by atoms with Crippen LogP contribution in [0.15, 0.2) is 24.4 Å². The fourth-order valence-corrected chi connectivity index (χ4v) is 3.41. The maximum atomic E-state index is 12.8.